The highest BCUT2D eigenvalue weighted by molar-refractivity contribution is 7.82. The van der Waals surface area contributed by atoms with Crippen LogP contribution in [-0.4, -0.2) is 3.97 Å². The van der Waals surface area contributed by atoms with Gasteiger partial charge in [0, 0.05) is 12.8 Å². The summed E-state index contributed by atoms with van der Waals surface area (Å²) in [6, 6.07) is 0. The topological polar surface area (TPSA) is 8.81 Å². The lowest BCUT2D eigenvalue weighted by atomic mass is 10.5. The molecule has 2 nitrogen and oxygen atoms in total. The minimum absolute atomic E-state index is 0. The summed E-state index contributed by atoms with van der Waals surface area (Å²) in [6.45, 7) is 3.14. The molecule has 0 aliphatic rings. The summed E-state index contributed by atoms with van der Waals surface area (Å²) in [5.74, 6) is 0. The van der Waals surface area contributed by atoms with Crippen LogP contribution in [0, 0.1) is 0 Å². The third-order valence-electron chi connectivity index (χ3n) is 1.31. The van der Waals surface area contributed by atoms with Gasteiger partial charge in [0.1, 0.15) is 12.4 Å². The molecule has 0 unspecified atom stereocenters. The third-order valence-corrected chi connectivity index (χ3v) is 2.27. The number of hydrogen-bond acceptors (Lipinski definition) is 2. The van der Waals surface area contributed by atoms with Crippen LogP contribution in [-0.2, 0) is 6.54 Å². The smallest absolute Gasteiger partial charge is 0.326 e. The van der Waals surface area contributed by atoms with Gasteiger partial charge in [0.15, 0.2) is 0 Å². The molecule has 1 rings (SSSR count). The maximum absolute atomic E-state index is 4.25. The number of hydrogen-bond donors (Lipinski definition) is 2. The number of nitrogens with zero attached hydrogens (tertiary/aromatic N) is 2. The van der Waals surface area contributed by atoms with Crippen molar-refractivity contribution < 1.29 is 28.5 Å². The summed E-state index contributed by atoms with van der Waals surface area (Å²) in [5.41, 5.74) is 0. The first-order chi connectivity index (χ1) is 4.75. The zero-order chi connectivity index (χ0) is 7.56. The fourth-order valence-corrected chi connectivity index (χ4v) is 1.23. The Bertz CT molecular complexity index is 224. The Morgan fingerprint density at radius 3 is 2.64 bits per heavy atom. The Balaban J connectivity index is 0.000001000. The average Bonchev–Trinajstić information content (AvgIpc) is 2.20. The fourth-order valence-electron chi connectivity index (χ4n) is 0.824. The first-order valence-corrected chi connectivity index (χ1v) is 4.09. The Labute approximate surface area is 95.0 Å². The number of aryl methyl sites for hydroxylation is 1. The molecule has 0 aliphatic heterocycles. The van der Waals surface area contributed by atoms with E-state index in [1.807, 2.05) is 12.4 Å². The molecule has 0 aliphatic carbocycles. The van der Waals surface area contributed by atoms with E-state index in [4.69, 9.17) is 0 Å². The molecule has 0 fully saturated rings. The van der Waals surface area contributed by atoms with Gasteiger partial charge >= 0.3 is 5.16 Å². The van der Waals surface area contributed by atoms with Crippen molar-refractivity contribution in [2.75, 3.05) is 0 Å². The number of imidazole rings is 1. The maximum atomic E-state index is 4.25. The predicted octanol–water partition coefficient (Wildman–Crippen LogP) is -1.83. The number of halogens is 1. The van der Waals surface area contributed by atoms with Crippen LogP contribution in [0.1, 0.15) is 13.3 Å². The van der Waals surface area contributed by atoms with Gasteiger partial charge in [-0.25, -0.2) is 4.57 Å². The molecule has 0 radical (unpaired) electrons. The number of rotatable bonds is 2. The summed E-state index contributed by atoms with van der Waals surface area (Å²) in [4.78, 5) is 0. The lowest BCUT2D eigenvalue weighted by Crippen LogP contribution is -3.00. The molecular weight excluding hydrogens is 291 g/mol. The zero-order valence-electron chi connectivity index (χ0n) is 6.24. The Hall–Kier alpha value is 0.640. The summed E-state index contributed by atoms with van der Waals surface area (Å²) in [7, 11) is 0. The van der Waals surface area contributed by atoms with E-state index in [-0.39, 0.29) is 24.0 Å². The van der Waals surface area contributed by atoms with Gasteiger partial charge in [-0.2, -0.15) is 3.97 Å². The molecule has 0 bridgehead atoms. The zero-order valence-corrected chi connectivity index (χ0v) is 10.2. The van der Waals surface area contributed by atoms with E-state index >= 15 is 0 Å². The van der Waals surface area contributed by atoms with Crippen molar-refractivity contribution in [2.45, 2.75) is 25.0 Å². The predicted molar refractivity (Wildman–Crippen MR) is 46.6 cm³/mol. The lowest BCUT2D eigenvalue weighted by Gasteiger charge is -1.91. The quantitative estimate of drug-likeness (QED) is 0.361. The van der Waals surface area contributed by atoms with Crippen LogP contribution in [0.5, 0.6) is 0 Å². The fraction of sp³-hybridized carbons (Fsp3) is 0.500. The molecule has 1 heterocycles. The van der Waals surface area contributed by atoms with Crippen LogP contribution in [0.3, 0.4) is 0 Å². The Kier molecular flexibility index (Phi) is 5.62. The lowest BCUT2D eigenvalue weighted by molar-refractivity contribution is -0.732. The first kappa shape index (κ1) is 11.6. The minimum atomic E-state index is 0. The van der Waals surface area contributed by atoms with Crippen molar-refractivity contribution in [3.05, 3.63) is 12.4 Å². The first-order valence-electron chi connectivity index (χ1n) is 3.24. The van der Waals surface area contributed by atoms with E-state index < -0.39 is 0 Å². The summed E-state index contributed by atoms with van der Waals surface area (Å²) in [6.07, 6.45) is 4.97. The average molecular weight is 302 g/mol. The van der Waals surface area contributed by atoms with Crippen LogP contribution >= 0.6 is 25.4 Å². The highest BCUT2D eigenvalue weighted by atomic mass is 127. The number of thiol groups is 2. The summed E-state index contributed by atoms with van der Waals surface area (Å²) < 4.78 is 3.74. The van der Waals surface area contributed by atoms with Crippen LogP contribution < -0.4 is 28.5 Å². The highest BCUT2D eigenvalue weighted by Gasteiger charge is 2.08. The molecule has 11 heavy (non-hydrogen) atoms. The molecule has 0 amide bonds. The van der Waals surface area contributed by atoms with E-state index in [2.05, 4.69) is 36.9 Å². The molecular formula is C6H11IN2S2. The van der Waals surface area contributed by atoms with Gasteiger partial charge in [0.2, 0.25) is 0 Å². The number of aromatic nitrogens is 2. The molecule has 0 saturated carbocycles. The van der Waals surface area contributed by atoms with E-state index in [0.717, 1.165) is 18.1 Å². The van der Waals surface area contributed by atoms with E-state index in [9.17, 15) is 0 Å². The van der Waals surface area contributed by atoms with Gasteiger partial charge in [0.05, 0.1) is 6.54 Å². The van der Waals surface area contributed by atoms with Crippen LogP contribution in [0.2, 0.25) is 0 Å². The second-order valence-electron chi connectivity index (χ2n) is 2.14. The third kappa shape index (κ3) is 2.87. The second kappa shape index (κ2) is 5.31. The van der Waals surface area contributed by atoms with Gasteiger partial charge in [-0.3, -0.25) is 0 Å². The molecule has 0 N–H and O–H groups in total. The Morgan fingerprint density at radius 1 is 1.64 bits per heavy atom. The van der Waals surface area contributed by atoms with Crippen molar-refractivity contribution in [3.63, 3.8) is 0 Å². The molecule has 0 spiro atoms. The summed E-state index contributed by atoms with van der Waals surface area (Å²) in [5, 5.41) is 0.880. The molecule has 5 heteroatoms. The molecule has 64 valence electrons. The second-order valence-corrected chi connectivity index (χ2v) is 2.97. The highest BCUT2D eigenvalue weighted by Crippen LogP contribution is 2.01. The molecule has 1 aromatic rings. The van der Waals surface area contributed by atoms with Gasteiger partial charge < -0.3 is 24.0 Å². The minimum Gasteiger partial charge on any atom is -1.00 e. The monoisotopic (exact) mass is 302 g/mol. The van der Waals surface area contributed by atoms with Crippen molar-refractivity contribution in [1.82, 2.24) is 3.97 Å². The molecule has 0 aromatic carbocycles. The van der Waals surface area contributed by atoms with Gasteiger partial charge in [0.25, 0.3) is 0 Å². The van der Waals surface area contributed by atoms with E-state index in [1.54, 1.807) is 3.97 Å². The van der Waals surface area contributed by atoms with Crippen molar-refractivity contribution in [3.8, 4) is 0 Å². The molecule has 0 atom stereocenters. The van der Waals surface area contributed by atoms with Gasteiger partial charge in [-0.05, 0) is 6.42 Å². The van der Waals surface area contributed by atoms with E-state index in [1.165, 1.54) is 0 Å². The van der Waals surface area contributed by atoms with Gasteiger partial charge in [-0.15, -0.1) is 0 Å². The Morgan fingerprint density at radius 2 is 2.27 bits per heavy atom. The van der Waals surface area contributed by atoms with Crippen LogP contribution in [0.4, 0.5) is 0 Å². The van der Waals surface area contributed by atoms with Crippen LogP contribution in [0.25, 0.3) is 0 Å². The van der Waals surface area contributed by atoms with Gasteiger partial charge in [-0.1, -0.05) is 19.6 Å². The standard InChI is InChI=1S/C6H10N2S2.HI/c1-2-3-7-4-5-8(10)6(7)9;/h4-5,10H,2-3H2,1H3;1H. The van der Waals surface area contributed by atoms with E-state index in [0.29, 0.717) is 0 Å². The van der Waals surface area contributed by atoms with Crippen molar-refractivity contribution >= 4 is 25.4 Å². The summed E-state index contributed by atoms with van der Waals surface area (Å²) >= 11 is 8.38. The largest absolute Gasteiger partial charge is 1.00 e. The molecule has 1 aromatic heterocycles. The molecule has 0 saturated heterocycles. The normalized spacial score (nSPS) is 9.36. The van der Waals surface area contributed by atoms with Crippen molar-refractivity contribution in [1.29, 1.82) is 0 Å². The maximum Gasteiger partial charge on any atom is 0.326 e. The van der Waals surface area contributed by atoms with Crippen molar-refractivity contribution in [2.24, 2.45) is 0 Å². The SMILES string of the molecule is CCC[n+]1ccn(S)c1S.[I-]. The van der Waals surface area contributed by atoms with Crippen LogP contribution in [0.15, 0.2) is 17.6 Å².